The smallest absolute Gasteiger partial charge is 0.252 e. The molecule has 4 heteroatoms. The molecule has 0 radical (unpaired) electrons. The van der Waals surface area contributed by atoms with Crippen molar-refractivity contribution in [1.29, 1.82) is 5.26 Å². The Balaban J connectivity index is 1.47. The van der Waals surface area contributed by atoms with Gasteiger partial charge in [0.15, 0.2) is 0 Å². The van der Waals surface area contributed by atoms with E-state index in [0.717, 1.165) is 16.8 Å². The summed E-state index contributed by atoms with van der Waals surface area (Å²) in [6.45, 7) is 0.117. The van der Waals surface area contributed by atoms with Crippen LogP contribution in [-0.4, -0.2) is 11.3 Å². The first kappa shape index (κ1) is 22.3. The van der Waals surface area contributed by atoms with Gasteiger partial charge in [0, 0.05) is 39.0 Å². The molecule has 0 saturated carbocycles. The van der Waals surface area contributed by atoms with Crippen molar-refractivity contribution in [3.63, 3.8) is 0 Å². The maximum Gasteiger partial charge on any atom is 0.252 e. The van der Waals surface area contributed by atoms with Gasteiger partial charge in [-0.25, -0.2) is 0 Å². The molecule has 9 rings (SSSR count). The SMILES string of the molecule is N#Cc1ccc(-c2cc3c4c(c2)-n2c5ccccc5c5cccc(c52)B4c2ccccc2N3c2ccccc2)cc1. The van der Waals surface area contributed by atoms with Gasteiger partial charge in [-0.3, -0.25) is 0 Å². The summed E-state index contributed by atoms with van der Waals surface area (Å²) in [5.74, 6) is 0. The average molecular weight is 519 g/mol. The van der Waals surface area contributed by atoms with Crippen LogP contribution in [-0.2, 0) is 0 Å². The Kier molecular flexibility index (Phi) is 4.48. The molecule has 1 aromatic heterocycles. The van der Waals surface area contributed by atoms with Crippen molar-refractivity contribution < 1.29 is 0 Å². The van der Waals surface area contributed by atoms with Crippen LogP contribution in [0.25, 0.3) is 38.6 Å². The van der Waals surface area contributed by atoms with E-state index in [2.05, 4.69) is 137 Å². The van der Waals surface area contributed by atoms with Gasteiger partial charge in [-0.1, -0.05) is 84.9 Å². The minimum absolute atomic E-state index is 0.117. The molecule has 2 aliphatic heterocycles. The number of anilines is 3. The second-order valence-electron chi connectivity index (χ2n) is 10.9. The Bertz CT molecular complexity index is 2220. The molecule has 188 valence electrons. The average Bonchev–Trinajstić information content (AvgIpc) is 3.38. The van der Waals surface area contributed by atoms with E-state index >= 15 is 0 Å². The Morgan fingerprint density at radius 1 is 0.561 bits per heavy atom. The van der Waals surface area contributed by atoms with Crippen LogP contribution in [0.4, 0.5) is 17.1 Å². The number of fused-ring (bicyclic) bond motifs is 7. The van der Waals surface area contributed by atoms with Crippen LogP contribution in [0.5, 0.6) is 0 Å². The first-order valence-corrected chi connectivity index (χ1v) is 14.0. The zero-order valence-electron chi connectivity index (χ0n) is 22.1. The van der Waals surface area contributed by atoms with Gasteiger partial charge in [0.2, 0.25) is 0 Å². The van der Waals surface area contributed by atoms with Gasteiger partial charge >= 0.3 is 0 Å². The molecule has 2 aliphatic rings. The van der Waals surface area contributed by atoms with Crippen molar-refractivity contribution in [2.24, 2.45) is 0 Å². The van der Waals surface area contributed by atoms with Gasteiger partial charge in [0.25, 0.3) is 6.71 Å². The summed E-state index contributed by atoms with van der Waals surface area (Å²) in [6.07, 6.45) is 0. The standard InChI is InChI=1S/C37H22BN3/c39-23-24-17-19-25(20-18-24)26-21-34-36-35(22-26)41-32-15-6-4-11-28(32)29-12-8-14-31(37(29)41)38(36)30-13-5-7-16-33(30)40(34)27-9-2-1-3-10-27/h1-22H. The fourth-order valence-electron chi connectivity index (χ4n) is 7.12. The van der Waals surface area contributed by atoms with Crippen LogP contribution in [0.3, 0.4) is 0 Å². The minimum Gasteiger partial charge on any atom is -0.311 e. The fourth-order valence-corrected chi connectivity index (χ4v) is 7.12. The van der Waals surface area contributed by atoms with Gasteiger partial charge < -0.3 is 9.47 Å². The number of benzene rings is 6. The van der Waals surface area contributed by atoms with Gasteiger partial charge in [-0.15, -0.1) is 0 Å². The van der Waals surface area contributed by atoms with Crippen LogP contribution in [0.15, 0.2) is 133 Å². The maximum atomic E-state index is 9.42. The topological polar surface area (TPSA) is 32.0 Å². The lowest BCUT2D eigenvalue weighted by molar-refractivity contribution is 1.18. The molecule has 6 aromatic carbocycles. The molecule has 0 bridgehead atoms. The summed E-state index contributed by atoms with van der Waals surface area (Å²) < 4.78 is 2.49. The van der Waals surface area contributed by atoms with Crippen molar-refractivity contribution in [2.45, 2.75) is 0 Å². The molecule has 3 heterocycles. The molecule has 0 amide bonds. The Morgan fingerprint density at radius 3 is 2.12 bits per heavy atom. The number of nitriles is 1. The predicted octanol–water partition coefficient (Wildman–Crippen LogP) is 6.94. The van der Waals surface area contributed by atoms with E-state index in [1.54, 1.807) is 0 Å². The molecular weight excluding hydrogens is 497 g/mol. The van der Waals surface area contributed by atoms with E-state index in [1.165, 1.54) is 55.3 Å². The predicted molar refractivity (Wildman–Crippen MR) is 170 cm³/mol. The Hall–Kier alpha value is -5.53. The number of nitrogens with zero attached hydrogens (tertiary/aromatic N) is 3. The van der Waals surface area contributed by atoms with Crippen molar-refractivity contribution in [3.8, 4) is 22.9 Å². The number of aromatic nitrogens is 1. The third-order valence-electron chi connectivity index (χ3n) is 8.79. The first-order valence-electron chi connectivity index (χ1n) is 14.0. The van der Waals surface area contributed by atoms with E-state index in [9.17, 15) is 5.26 Å². The van der Waals surface area contributed by atoms with Gasteiger partial charge in [-0.2, -0.15) is 5.26 Å². The second-order valence-corrected chi connectivity index (χ2v) is 10.9. The van der Waals surface area contributed by atoms with Crippen molar-refractivity contribution >= 4 is 62.0 Å². The lowest BCUT2D eigenvalue weighted by atomic mass is 9.33. The summed E-state index contributed by atoms with van der Waals surface area (Å²) in [5, 5.41) is 12.0. The number of hydrogen-bond donors (Lipinski definition) is 0. The lowest BCUT2D eigenvalue weighted by Crippen LogP contribution is -2.60. The summed E-state index contributed by atoms with van der Waals surface area (Å²) in [4.78, 5) is 2.43. The molecular formula is C37H22BN3. The maximum absolute atomic E-state index is 9.42. The van der Waals surface area contributed by atoms with Crippen LogP contribution >= 0.6 is 0 Å². The molecule has 0 N–H and O–H groups in total. The highest BCUT2D eigenvalue weighted by Crippen LogP contribution is 2.43. The van der Waals surface area contributed by atoms with E-state index in [1.807, 2.05) is 12.1 Å². The molecule has 3 nitrogen and oxygen atoms in total. The summed E-state index contributed by atoms with van der Waals surface area (Å²) in [5.41, 5.74) is 14.1. The summed E-state index contributed by atoms with van der Waals surface area (Å²) in [6, 6.07) is 50.0. The van der Waals surface area contributed by atoms with E-state index in [-0.39, 0.29) is 6.71 Å². The summed E-state index contributed by atoms with van der Waals surface area (Å²) >= 11 is 0. The van der Waals surface area contributed by atoms with Crippen molar-refractivity contribution in [3.05, 3.63) is 139 Å². The monoisotopic (exact) mass is 519 g/mol. The van der Waals surface area contributed by atoms with E-state index in [4.69, 9.17) is 0 Å². The number of para-hydroxylation sites is 4. The third kappa shape index (κ3) is 2.98. The highest BCUT2D eigenvalue weighted by atomic mass is 15.2. The van der Waals surface area contributed by atoms with Crippen LogP contribution in [0.2, 0.25) is 0 Å². The normalized spacial score (nSPS) is 12.8. The Labute approximate surface area is 238 Å². The first-order chi connectivity index (χ1) is 20.3. The van der Waals surface area contributed by atoms with Gasteiger partial charge in [0.05, 0.1) is 17.1 Å². The lowest BCUT2D eigenvalue weighted by Gasteiger charge is -2.40. The fraction of sp³-hybridized carbons (Fsp3) is 0. The molecule has 0 saturated heterocycles. The highest BCUT2D eigenvalue weighted by Gasteiger charge is 2.42. The molecule has 0 atom stereocenters. The minimum atomic E-state index is 0.117. The van der Waals surface area contributed by atoms with Crippen molar-refractivity contribution in [2.75, 3.05) is 4.90 Å². The quantitative estimate of drug-likeness (QED) is 0.232. The molecule has 41 heavy (non-hydrogen) atoms. The highest BCUT2D eigenvalue weighted by molar-refractivity contribution is 7.00. The van der Waals surface area contributed by atoms with E-state index < -0.39 is 0 Å². The zero-order valence-corrected chi connectivity index (χ0v) is 22.1. The number of hydrogen-bond acceptors (Lipinski definition) is 2. The van der Waals surface area contributed by atoms with E-state index in [0.29, 0.717) is 5.56 Å². The van der Waals surface area contributed by atoms with Crippen LogP contribution in [0.1, 0.15) is 5.56 Å². The molecule has 0 spiro atoms. The molecule has 0 aliphatic carbocycles. The largest absolute Gasteiger partial charge is 0.311 e. The molecule has 0 fully saturated rings. The second kappa shape index (κ2) is 8.24. The molecule has 7 aromatic rings. The van der Waals surface area contributed by atoms with Crippen molar-refractivity contribution in [1.82, 2.24) is 4.57 Å². The number of rotatable bonds is 2. The van der Waals surface area contributed by atoms with Crippen LogP contribution < -0.4 is 21.3 Å². The van der Waals surface area contributed by atoms with Crippen LogP contribution in [0, 0.1) is 11.3 Å². The molecule has 0 unspecified atom stereocenters. The third-order valence-corrected chi connectivity index (χ3v) is 8.79. The van der Waals surface area contributed by atoms with Gasteiger partial charge in [0.1, 0.15) is 0 Å². The van der Waals surface area contributed by atoms with Gasteiger partial charge in [-0.05, 0) is 76.0 Å². The zero-order chi connectivity index (χ0) is 27.1. The summed E-state index contributed by atoms with van der Waals surface area (Å²) in [7, 11) is 0. The Morgan fingerprint density at radius 2 is 1.27 bits per heavy atom.